The van der Waals surface area contributed by atoms with Crippen molar-refractivity contribution in [2.24, 2.45) is 0 Å². The molecule has 6 heteroatoms. The van der Waals surface area contributed by atoms with Crippen molar-refractivity contribution in [3.8, 4) is 6.07 Å². The van der Waals surface area contributed by atoms with Crippen molar-refractivity contribution in [3.63, 3.8) is 0 Å². The number of carbonyl (C=O) groups is 1. The first-order valence-electron chi connectivity index (χ1n) is 7.22. The van der Waals surface area contributed by atoms with Crippen LogP contribution in [0.5, 0.6) is 0 Å². The second kappa shape index (κ2) is 7.75. The van der Waals surface area contributed by atoms with Gasteiger partial charge in [0.1, 0.15) is 22.5 Å². The molecule has 0 aliphatic carbocycles. The number of rotatable bonds is 5. The standard InChI is InChI=1S/C17H18N4OS/c1-11-14(10-18)17(21-12(2)20-11)23-15(16(22)19-3)9-13-7-5-4-6-8-13/h4-8,15H,9H2,1-3H3,(H,19,22)/t15-/m1/s1. The SMILES string of the molecule is CNC(=O)[C@@H](Cc1ccccc1)Sc1nc(C)nc(C)c1C#N. The molecule has 1 N–H and O–H groups in total. The van der Waals surface area contributed by atoms with E-state index >= 15 is 0 Å². The largest absolute Gasteiger partial charge is 0.358 e. The summed E-state index contributed by atoms with van der Waals surface area (Å²) in [7, 11) is 1.61. The Morgan fingerprint density at radius 2 is 2.00 bits per heavy atom. The first-order chi connectivity index (χ1) is 11.0. The van der Waals surface area contributed by atoms with Crippen LogP contribution in [0.4, 0.5) is 0 Å². The average Bonchev–Trinajstić information content (AvgIpc) is 2.54. The van der Waals surface area contributed by atoms with Crippen molar-refractivity contribution >= 4 is 17.7 Å². The van der Waals surface area contributed by atoms with Gasteiger partial charge in [-0.25, -0.2) is 9.97 Å². The van der Waals surface area contributed by atoms with E-state index < -0.39 is 0 Å². The Bertz CT molecular complexity index is 740. The second-order valence-corrected chi connectivity index (χ2v) is 6.25. The van der Waals surface area contributed by atoms with Crippen LogP contribution in [-0.2, 0) is 11.2 Å². The minimum atomic E-state index is -0.358. The fourth-order valence-corrected chi connectivity index (χ4v) is 3.47. The van der Waals surface area contributed by atoms with Crippen LogP contribution in [0.2, 0.25) is 0 Å². The van der Waals surface area contributed by atoms with Crippen molar-refractivity contribution < 1.29 is 4.79 Å². The Balaban J connectivity index is 2.32. The minimum absolute atomic E-state index is 0.0864. The number of nitrogens with zero attached hydrogens (tertiary/aromatic N) is 3. The van der Waals surface area contributed by atoms with Gasteiger partial charge in [0, 0.05) is 7.05 Å². The van der Waals surface area contributed by atoms with Gasteiger partial charge in [-0.15, -0.1) is 0 Å². The molecule has 0 aliphatic heterocycles. The van der Waals surface area contributed by atoms with Gasteiger partial charge in [0.25, 0.3) is 0 Å². The van der Waals surface area contributed by atoms with Gasteiger partial charge in [-0.3, -0.25) is 4.79 Å². The molecule has 118 valence electrons. The Hall–Kier alpha value is -2.39. The number of nitriles is 1. The fourth-order valence-electron chi connectivity index (χ4n) is 2.21. The summed E-state index contributed by atoms with van der Waals surface area (Å²) in [6.45, 7) is 3.56. The van der Waals surface area contributed by atoms with E-state index in [1.807, 2.05) is 30.3 Å². The van der Waals surface area contributed by atoms with Crippen LogP contribution in [0.1, 0.15) is 22.6 Å². The van der Waals surface area contributed by atoms with Gasteiger partial charge in [-0.1, -0.05) is 42.1 Å². The molecule has 0 saturated heterocycles. The Labute approximate surface area is 140 Å². The zero-order chi connectivity index (χ0) is 16.8. The van der Waals surface area contributed by atoms with E-state index in [0.717, 1.165) is 5.56 Å². The molecule has 0 saturated carbocycles. The molecule has 0 aliphatic rings. The zero-order valence-electron chi connectivity index (χ0n) is 13.3. The average molecular weight is 326 g/mol. The van der Waals surface area contributed by atoms with E-state index in [0.29, 0.717) is 28.5 Å². The molecule has 0 radical (unpaired) electrons. The number of thioether (sulfide) groups is 1. The molecule has 0 bridgehead atoms. The van der Waals surface area contributed by atoms with Crippen molar-refractivity contribution in [3.05, 3.63) is 53.0 Å². The topological polar surface area (TPSA) is 78.7 Å². The highest BCUT2D eigenvalue weighted by Crippen LogP contribution is 2.28. The summed E-state index contributed by atoms with van der Waals surface area (Å²) in [6, 6.07) is 11.9. The summed E-state index contributed by atoms with van der Waals surface area (Å²) in [5.74, 6) is 0.510. The van der Waals surface area contributed by atoms with Crippen LogP contribution in [0.15, 0.2) is 35.4 Å². The molecule has 1 amide bonds. The predicted octanol–water partition coefficient (Wildman–Crippen LogP) is 2.41. The summed E-state index contributed by atoms with van der Waals surface area (Å²) in [6.07, 6.45) is 0.568. The predicted molar refractivity (Wildman–Crippen MR) is 90.1 cm³/mol. The van der Waals surface area contributed by atoms with Crippen molar-refractivity contribution in [2.45, 2.75) is 30.5 Å². The molecule has 5 nitrogen and oxygen atoms in total. The molecular weight excluding hydrogens is 308 g/mol. The molecule has 0 spiro atoms. The Kier molecular flexibility index (Phi) is 5.72. The van der Waals surface area contributed by atoms with Crippen LogP contribution in [0, 0.1) is 25.2 Å². The highest BCUT2D eigenvalue weighted by atomic mass is 32.2. The Morgan fingerprint density at radius 3 is 2.61 bits per heavy atom. The lowest BCUT2D eigenvalue weighted by molar-refractivity contribution is -0.120. The summed E-state index contributed by atoms with van der Waals surface area (Å²) in [5.41, 5.74) is 2.13. The van der Waals surface area contributed by atoms with Crippen LogP contribution in [0.25, 0.3) is 0 Å². The van der Waals surface area contributed by atoms with Crippen LogP contribution in [0.3, 0.4) is 0 Å². The van der Waals surface area contributed by atoms with E-state index in [9.17, 15) is 10.1 Å². The lowest BCUT2D eigenvalue weighted by atomic mass is 10.1. The summed E-state index contributed by atoms with van der Waals surface area (Å²) in [4.78, 5) is 20.8. The third-order valence-corrected chi connectivity index (χ3v) is 4.52. The number of aromatic nitrogens is 2. The summed E-state index contributed by atoms with van der Waals surface area (Å²) < 4.78 is 0. The summed E-state index contributed by atoms with van der Waals surface area (Å²) in [5, 5.41) is 12.2. The number of hydrogen-bond donors (Lipinski definition) is 1. The number of amides is 1. The third kappa shape index (κ3) is 4.30. The zero-order valence-corrected chi connectivity index (χ0v) is 14.1. The highest BCUT2D eigenvalue weighted by molar-refractivity contribution is 8.00. The number of benzene rings is 1. The van der Waals surface area contributed by atoms with Crippen molar-refractivity contribution in [2.75, 3.05) is 7.05 Å². The van der Waals surface area contributed by atoms with Gasteiger partial charge in [0.05, 0.1) is 10.9 Å². The first kappa shape index (κ1) is 17.0. The van der Waals surface area contributed by atoms with Gasteiger partial charge < -0.3 is 5.32 Å². The van der Waals surface area contributed by atoms with E-state index in [-0.39, 0.29) is 11.2 Å². The third-order valence-electron chi connectivity index (χ3n) is 3.34. The van der Waals surface area contributed by atoms with E-state index in [2.05, 4.69) is 21.4 Å². The molecule has 23 heavy (non-hydrogen) atoms. The number of nitrogens with one attached hydrogen (secondary N) is 1. The van der Waals surface area contributed by atoms with E-state index in [1.54, 1.807) is 20.9 Å². The summed E-state index contributed by atoms with van der Waals surface area (Å²) >= 11 is 1.31. The second-order valence-electron chi connectivity index (χ2n) is 5.06. The van der Waals surface area contributed by atoms with Crippen LogP contribution in [-0.4, -0.2) is 28.2 Å². The van der Waals surface area contributed by atoms with Gasteiger partial charge in [-0.05, 0) is 25.8 Å². The van der Waals surface area contributed by atoms with E-state index in [1.165, 1.54) is 11.8 Å². The molecule has 1 heterocycles. The minimum Gasteiger partial charge on any atom is -0.358 e. The number of aryl methyl sites for hydroxylation is 2. The molecule has 1 aromatic carbocycles. The van der Waals surface area contributed by atoms with Crippen molar-refractivity contribution in [1.29, 1.82) is 5.26 Å². The Morgan fingerprint density at radius 1 is 1.30 bits per heavy atom. The quantitative estimate of drug-likeness (QED) is 0.674. The molecule has 0 fully saturated rings. The van der Waals surface area contributed by atoms with Gasteiger partial charge >= 0.3 is 0 Å². The molecule has 2 rings (SSSR count). The van der Waals surface area contributed by atoms with Gasteiger partial charge in [-0.2, -0.15) is 5.26 Å². The lowest BCUT2D eigenvalue weighted by Gasteiger charge is -2.16. The molecule has 1 atom stereocenters. The van der Waals surface area contributed by atoms with Gasteiger partial charge in [0.15, 0.2) is 0 Å². The first-order valence-corrected chi connectivity index (χ1v) is 8.10. The van der Waals surface area contributed by atoms with E-state index in [4.69, 9.17) is 0 Å². The van der Waals surface area contributed by atoms with Crippen LogP contribution < -0.4 is 5.32 Å². The maximum atomic E-state index is 12.2. The molecule has 2 aromatic rings. The normalized spacial score (nSPS) is 11.6. The maximum absolute atomic E-state index is 12.2. The monoisotopic (exact) mass is 326 g/mol. The number of carbonyl (C=O) groups excluding carboxylic acids is 1. The molecular formula is C17H18N4OS. The molecule has 0 unspecified atom stereocenters. The highest BCUT2D eigenvalue weighted by Gasteiger charge is 2.23. The maximum Gasteiger partial charge on any atom is 0.233 e. The van der Waals surface area contributed by atoms with Gasteiger partial charge in [0.2, 0.25) is 5.91 Å². The lowest BCUT2D eigenvalue weighted by Crippen LogP contribution is -2.31. The fraction of sp³-hybridized carbons (Fsp3) is 0.294. The van der Waals surface area contributed by atoms with Crippen molar-refractivity contribution in [1.82, 2.24) is 15.3 Å². The smallest absolute Gasteiger partial charge is 0.233 e. The van der Waals surface area contributed by atoms with Crippen LogP contribution >= 0.6 is 11.8 Å². The molecule has 1 aromatic heterocycles. The number of hydrogen-bond acceptors (Lipinski definition) is 5.